The Hall–Kier alpha value is -0.0400. The van der Waals surface area contributed by atoms with Crippen molar-refractivity contribution in [2.75, 3.05) is 6.61 Å². The third kappa shape index (κ3) is 3.24. The van der Waals surface area contributed by atoms with Crippen molar-refractivity contribution in [2.45, 2.75) is 59.0 Å². The lowest BCUT2D eigenvalue weighted by Gasteiger charge is -2.30. The van der Waals surface area contributed by atoms with E-state index in [1.54, 1.807) is 0 Å². The fraction of sp³-hybridized carbons (Fsp3) is 1.00. The molecule has 1 heteroatoms. The first-order chi connectivity index (χ1) is 5.24. The number of hydrogen-bond acceptors (Lipinski definition) is 1. The molecular weight excluding hydrogens is 136 g/mol. The van der Waals surface area contributed by atoms with E-state index in [1.807, 2.05) is 0 Å². The van der Waals surface area contributed by atoms with Gasteiger partial charge in [-0.3, -0.25) is 0 Å². The molecule has 0 fully saturated rings. The van der Waals surface area contributed by atoms with Crippen molar-refractivity contribution in [3.8, 4) is 0 Å². The van der Waals surface area contributed by atoms with Crippen molar-refractivity contribution in [1.82, 2.24) is 0 Å². The topological polar surface area (TPSA) is 9.23 Å². The Bertz CT molecular complexity index is 76.6. The Morgan fingerprint density at radius 3 is 1.64 bits per heavy atom. The van der Waals surface area contributed by atoms with Crippen LogP contribution in [0.4, 0.5) is 0 Å². The summed E-state index contributed by atoms with van der Waals surface area (Å²) in [4.78, 5) is 0. The molecule has 0 saturated heterocycles. The lowest BCUT2D eigenvalue weighted by atomic mass is 9.94. The van der Waals surface area contributed by atoms with Crippen LogP contribution in [0.15, 0.2) is 0 Å². The Balaban J connectivity index is 3.84. The van der Waals surface area contributed by atoms with E-state index in [4.69, 9.17) is 4.74 Å². The van der Waals surface area contributed by atoms with Gasteiger partial charge in [-0.1, -0.05) is 27.7 Å². The lowest BCUT2D eigenvalue weighted by Crippen LogP contribution is -2.30. The molecule has 0 N–H and O–H groups in total. The van der Waals surface area contributed by atoms with E-state index < -0.39 is 0 Å². The standard InChI is InChI=1S/C10H22O/c1-5-9-11-10(6-2,7-3)8-4/h5-9H2,1-4H3. The predicted molar refractivity (Wildman–Crippen MR) is 49.8 cm³/mol. The minimum absolute atomic E-state index is 0.177. The van der Waals surface area contributed by atoms with E-state index in [9.17, 15) is 0 Å². The fourth-order valence-corrected chi connectivity index (χ4v) is 1.37. The molecule has 0 radical (unpaired) electrons. The smallest absolute Gasteiger partial charge is 0.0674 e. The highest BCUT2D eigenvalue weighted by Gasteiger charge is 2.23. The average Bonchev–Trinajstić information content (AvgIpc) is 2.08. The van der Waals surface area contributed by atoms with Crippen molar-refractivity contribution in [3.05, 3.63) is 0 Å². The van der Waals surface area contributed by atoms with E-state index in [0.717, 1.165) is 32.3 Å². The molecule has 0 aromatic rings. The Kier molecular flexibility index (Phi) is 5.57. The SMILES string of the molecule is CCCOC(CC)(CC)CC. The van der Waals surface area contributed by atoms with Gasteiger partial charge in [0, 0.05) is 6.61 Å². The normalized spacial score (nSPS) is 12.0. The third-order valence-electron chi connectivity index (χ3n) is 2.55. The van der Waals surface area contributed by atoms with Crippen molar-refractivity contribution in [3.63, 3.8) is 0 Å². The maximum absolute atomic E-state index is 5.83. The van der Waals surface area contributed by atoms with E-state index in [0.29, 0.717) is 0 Å². The van der Waals surface area contributed by atoms with Crippen molar-refractivity contribution >= 4 is 0 Å². The minimum Gasteiger partial charge on any atom is -0.375 e. The fourth-order valence-electron chi connectivity index (χ4n) is 1.37. The van der Waals surface area contributed by atoms with Crippen molar-refractivity contribution in [1.29, 1.82) is 0 Å². The molecule has 68 valence electrons. The molecule has 0 aromatic carbocycles. The lowest BCUT2D eigenvalue weighted by molar-refractivity contribution is -0.0537. The van der Waals surface area contributed by atoms with Gasteiger partial charge in [-0.2, -0.15) is 0 Å². The van der Waals surface area contributed by atoms with Gasteiger partial charge in [0.2, 0.25) is 0 Å². The molecular formula is C10H22O. The van der Waals surface area contributed by atoms with Gasteiger partial charge in [0.05, 0.1) is 5.60 Å². The molecule has 0 aromatic heterocycles. The second-order valence-electron chi connectivity index (χ2n) is 3.09. The molecule has 0 rings (SSSR count). The van der Waals surface area contributed by atoms with Crippen molar-refractivity contribution < 1.29 is 4.74 Å². The summed E-state index contributed by atoms with van der Waals surface area (Å²) in [5.41, 5.74) is 0.177. The van der Waals surface area contributed by atoms with Crippen LogP contribution in [0.2, 0.25) is 0 Å². The molecule has 0 amide bonds. The van der Waals surface area contributed by atoms with Gasteiger partial charge in [-0.15, -0.1) is 0 Å². The zero-order valence-electron chi connectivity index (χ0n) is 8.44. The molecule has 0 atom stereocenters. The molecule has 0 unspecified atom stereocenters. The van der Waals surface area contributed by atoms with Crippen LogP contribution in [0.1, 0.15) is 53.4 Å². The van der Waals surface area contributed by atoms with Crippen LogP contribution >= 0.6 is 0 Å². The molecule has 0 aliphatic heterocycles. The van der Waals surface area contributed by atoms with Gasteiger partial charge in [-0.25, -0.2) is 0 Å². The number of ether oxygens (including phenoxy) is 1. The van der Waals surface area contributed by atoms with E-state index in [2.05, 4.69) is 27.7 Å². The number of rotatable bonds is 6. The summed E-state index contributed by atoms with van der Waals surface area (Å²) < 4.78 is 5.83. The zero-order chi connectivity index (χ0) is 8.74. The second kappa shape index (κ2) is 5.59. The maximum Gasteiger partial charge on any atom is 0.0674 e. The first kappa shape index (κ1) is 11.0. The molecule has 0 aliphatic carbocycles. The quantitative estimate of drug-likeness (QED) is 0.576. The molecule has 0 saturated carbocycles. The summed E-state index contributed by atoms with van der Waals surface area (Å²) in [5.74, 6) is 0. The zero-order valence-corrected chi connectivity index (χ0v) is 8.44. The van der Waals surface area contributed by atoms with Crippen LogP contribution in [0.25, 0.3) is 0 Å². The second-order valence-corrected chi connectivity index (χ2v) is 3.09. The molecule has 0 heterocycles. The summed E-state index contributed by atoms with van der Waals surface area (Å²) in [7, 11) is 0. The van der Waals surface area contributed by atoms with Gasteiger partial charge in [0.15, 0.2) is 0 Å². The summed E-state index contributed by atoms with van der Waals surface area (Å²) in [6, 6.07) is 0. The van der Waals surface area contributed by atoms with Crippen LogP contribution in [-0.4, -0.2) is 12.2 Å². The summed E-state index contributed by atoms with van der Waals surface area (Å²) in [5, 5.41) is 0. The first-order valence-corrected chi connectivity index (χ1v) is 4.88. The van der Waals surface area contributed by atoms with Crippen LogP contribution in [0.5, 0.6) is 0 Å². The summed E-state index contributed by atoms with van der Waals surface area (Å²) in [6.45, 7) is 9.70. The van der Waals surface area contributed by atoms with Crippen LogP contribution in [-0.2, 0) is 4.74 Å². The van der Waals surface area contributed by atoms with Gasteiger partial charge < -0.3 is 4.74 Å². The van der Waals surface area contributed by atoms with Gasteiger partial charge in [0.1, 0.15) is 0 Å². The van der Waals surface area contributed by atoms with Crippen LogP contribution in [0.3, 0.4) is 0 Å². The molecule has 1 nitrogen and oxygen atoms in total. The highest BCUT2D eigenvalue weighted by molar-refractivity contribution is 4.75. The Morgan fingerprint density at radius 1 is 0.909 bits per heavy atom. The van der Waals surface area contributed by atoms with Crippen LogP contribution < -0.4 is 0 Å². The highest BCUT2D eigenvalue weighted by atomic mass is 16.5. The van der Waals surface area contributed by atoms with E-state index in [1.165, 1.54) is 0 Å². The molecule has 0 spiro atoms. The largest absolute Gasteiger partial charge is 0.375 e. The average molecular weight is 158 g/mol. The van der Waals surface area contributed by atoms with Gasteiger partial charge >= 0.3 is 0 Å². The van der Waals surface area contributed by atoms with Crippen molar-refractivity contribution in [2.24, 2.45) is 0 Å². The van der Waals surface area contributed by atoms with E-state index >= 15 is 0 Å². The van der Waals surface area contributed by atoms with Gasteiger partial charge in [-0.05, 0) is 25.7 Å². The van der Waals surface area contributed by atoms with E-state index in [-0.39, 0.29) is 5.60 Å². The Labute approximate surface area is 71.1 Å². The minimum atomic E-state index is 0.177. The summed E-state index contributed by atoms with van der Waals surface area (Å²) in [6.07, 6.45) is 4.54. The molecule has 11 heavy (non-hydrogen) atoms. The molecule has 0 bridgehead atoms. The Morgan fingerprint density at radius 2 is 1.36 bits per heavy atom. The summed E-state index contributed by atoms with van der Waals surface area (Å²) >= 11 is 0. The third-order valence-corrected chi connectivity index (χ3v) is 2.55. The highest BCUT2D eigenvalue weighted by Crippen LogP contribution is 2.24. The molecule has 0 aliphatic rings. The monoisotopic (exact) mass is 158 g/mol. The number of hydrogen-bond donors (Lipinski definition) is 0. The van der Waals surface area contributed by atoms with Gasteiger partial charge in [0.25, 0.3) is 0 Å². The van der Waals surface area contributed by atoms with Crippen LogP contribution in [0, 0.1) is 0 Å². The maximum atomic E-state index is 5.83. The predicted octanol–water partition coefficient (Wildman–Crippen LogP) is 3.38. The first-order valence-electron chi connectivity index (χ1n) is 4.88.